The van der Waals surface area contributed by atoms with E-state index in [1.807, 2.05) is 24.3 Å². The summed E-state index contributed by atoms with van der Waals surface area (Å²) in [5.74, 6) is 0.956. The molecule has 1 aromatic rings. The molecule has 0 aliphatic carbocycles. The van der Waals surface area contributed by atoms with Gasteiger partial charge >= 0.3 is 0 Å². The van der Waals surface area contributed by atoms with Gasteiger partial charge in [-0.3, -0.25) is 0 Å². The van der Waals surface area contributed by atoms with Crippen molar-refractivity contribution in [3.8, 4) is 5.75 Å². The van der Waals surface area contributed by atoms with Crippen molar-refractivity contribution >= 4 is 15.9 Å². The van der Waals surface area contributed by atoms with E-state index in [1.54, 1.807) is 0 Å². The van der Waals surface area contributed by atoms with Gasteiger partial charge in [-0.1, -0.05) is 48.5 Å². The molecule has 0 amide bonds. The molecule has 1 aromatic carbocycles. The SMILES string of the molecule is CCC1(COCCCCCCCCOc2ccc(Br)cc2)COC1. The van der Waals surface area contributed by atoms with Crippen LogP contribution in [-0.2, 0) is 9.47 Å². The predicted molar refractivity (Wildman–Crippen MR) is 102 cm³/mol. The van der Waals surface area contributed by atoms with Gasteiger partial charge in [-0.05, 0) is 43.5 Å². The van der Waals surface area contributed by atoms with E-state index in [0.717, 1.165) is 56.1 Å². The number of benzene rings is 1. The lowest BCUT2D eigenvalue weighted by molar-refractivity contribution is -0.150. The topological polar surface area (TPSA) is 27.7 Å². The summed E-state index contributed by atoms with van der Waals surface area (Å²) in [6.45, 7) is 6.57. The monoisotopic (exact) mass is 398 g/mol. The van der Waals surface area contributed by atoms with Gasteiger partial charge in [0.15, 0.2) is 0 Å². The molecule has 0 atom stereocenters. The van der Waals surface area contributed by atoms with Crippen LogP contribution in [0.4, 0.5) is 0 Å². The summed E-state index contributed by atoms with van der Waals surface area (Å²) in [5, 5.41) is 0. The van der Waals surface area contributed by atoms with Gasteiger partial charge in [0.05, 0.1) is 26.4 Å². The van der Waals surface area contributed by atoms with Crippen LogP contribution in [0.5, 0.6) is 5.75 Å². The van der Waals surface area contributed by atoms with E-state index in [2.05, 4.69) is 22.9 Å². The lowest BCUT2D eigenvalue weighted by Gasteiger charge is -2.40. The van der Waals surface area contributed by atoms with Crippen LogP contribution in [0.3, 0.4) is 0 Å². The van der Waals surface area contributed by atoms with Crippen LogP contribution >= 0.6 is 15.9 Å². The molecule has 4 heteroatoms. The molecular formula is C20H31BrO3. The maximum Gasteiger partial charge on any atom is 0.119 e. The van der Waals surface area contributed by atoms with Crippen molar-refractivity contribution in [3.63, 3.8) is 0 Å². The lowest BCUT2D eigenvalue weighted by atomic mass is 9.84. The van der Waals surface area contributed by atoms with Crippen molar-refractivity contribution in [3.05, 3.63) is 28.7 Å². The average Bonchev–Trinajstić information content (AvgIpc) is 2.56. The number of halogens is 1. The number of rotatable bonds is 13. The van der Waals surface area contributed by atoms with Gasteiger partial charge in [0.25, 0.3) is 0 Å². The molecule has 1 aliphatic rings. The van der Waals surface area contributed by atoms with Gasteiger partial charge in [-0.25, -0.2) is 0 Å². The Kier molecular flexibility index (Phi) is 9.14. The zero-order valence-corrected chi connectivity index (χ0v) is 16.5. The maximum atomic E-state index is 5.83. The molecule has 0 bridgehead atoms. The van der Waals surface area contributed by atoms with Crippen molar-refractivity contribution in [1.82, 2.24) is 0 Å². The van der Waals surface area contributed by atoms with Crippen molar-refractivity contribution in [2.24, 2.45) is 5.41 Å². The molecule has 0 saturated carbocycles. The third-order valence-corrected chi connectivity index (χ3v) is 5.27. The van der Waals surface area contributed by atoms with E-state index in [9.17, 15) is 0 Å². The van der Waals surface area contributed by atoms with E-state index < -0.39 is 0 Å². The number of hydrogen-bond acceptors (Lipinski definition) is 3. The molecule has 136 valence electrons. The third kappa shape index (κ3) is 7.12. The summed E-state index contributed by atoms with van der Waals surface area (Å²) in [6.07, 6.45) is 8.56. The minimum atomic E-state index is 0.328. The second-order valence-corrected chi connectivity index (χ2v) is 7.74. The summed E-state index contributed by atoms with van der Waals surface area (Å²) < 4.78 is 18.0. The minimum Gasteiger partial charge on any atom is -0.494 e. The van der Waals surface area contributed by atoms with Crippen LogP contribution in [0, 0.1) is 5.41 Å². The Labute approximate surface area is 155 Å². The van der Waals surface area contributed by atoms with Crippen molar-refractivity contribution in [2.75, 3.05) is 33.0 Å². The minimum absolute atomic E-state index is 0.328. The highest BCUT2D eigenvalue weighted by Gasteiger charge is 2.36. The quantitative estimate of drug-likeness (QED) is 0.404. The Morgan fingerprint density at radius 1 is 0.958 bits per heavy atom. The lowest BCUT2D eigenvalue weighted by Crippen LogP contribution is -2.45. The fraction of sp³-hybridized carbons (Fsp3) is 0.700. The smallest absolute Gasteiger partial charge is 0.119 e. The van der Waals surface area contributed by atoms with Crippen LogP contribution in [0.25, 0.3) is 0 Å². The van der Waals surface area contributed by atoms with Crippen molar-refractivity contribution in [1.29, 1.82) is 0 Å². The molecule has 1 saturated heterocycles. The Morgan fingerprint density at radius 2 is 1.58 bits per heavy atom. The highest BCUT2D eigenvalue weighted by molar-refractivity contribution is 9.10. The van der Waals surface area contributed by atoms with E-state index in [1.165, 1.54) is 32.1 Å². The van der Waals surface area contributed by atoms with Gasteiger partial charge in [0, 0.05) is 16.5 Å². The Hall–Kier alpha value is -0.580. The summed E-state index contributed by atoms with van der Waals surface area (Å²) in [4.78, 5) is 0. The summed E-state index contributed by atoms with van der Waals surface area (Å²) in [5.41, 5.74) is 0.328. The van der Waals surface area contributed by atoms with Gasteiger partial charge < -0.3 is 14.2 Å². The summed E-state index contributed by atoms with van der Waals surface area (Å²) in [7, 11) is 0. The van der Waals surface area contributed by atoms with Crippen LogP contribution in [0.1, 0.15) is 51.9 Å². The molecule has 1 fully saturated rings. The number of ether oxygens (including phenoxy) is 3. The zero-order chi connectivity index (χ0) is 17.1. The second-order valence-electron chi connectivity index (χ2n) is 6.82. The van der Waals surface area contributed by atoms with Crippen LogP contribution < -0.4 is 4.74 Å². The first-order valence-corrected chi connectivity index (χ1v) is 10.1. The summed E-state index contributed by atoms with van der Waals surface area (Å²) >= 11 is 3.43. The first-order chi connectivity index (χ1) is 11.7. The average molecular weight is 399 g/mol. The molecule has 1 heterocycles. The van der Waals surface area contributed by atoms with E-state index in [4.69, 9.17) is 14.2 Å². The fourth-order valence-corrected chi connectivity index (χ4v) is 3.07. The highest BCUT2D eigenvalue weighted by atomic mass is 79.9. The Balaban J connectivity index is 1.35. The Bertz CT molecular complexity index is 437. The largest absolute Gasteiger partial charge is 0.494 e. The fourth-order valence-electron chi connectivity index (χ4n) is 2.80. The predicted octanol–water partition coefficient (Wildman–Crippen LogP) is 5.61. The molecule has 0 aromatic heterocycles. The van der Waals surface area contributed by atoms with Gasteiger partial charge in [-0.2, -0.15) is 0 Å². The second kappa shape index (κ2) is 11.1. The number of unbranched alkanes of at least 4 members (excludes halogenated alkanes) is 5. The molecule has 0 N–H and O–H groups in total. The normalized spacial score (nSPS) is 15.9. The summed E-state index contributed by atoms with van der Waals surface area (Å²) in [6, 6.07) is 8.03. The maximum absolute atomic E-state index is 5.83. The molecule has 3 nitrogen and oxygen atoms in total. The molecule has 0 spiro atoms. The molecule has 0 radical (unpaired) electrons. The van der Waals surface area contributed by atoms with Crippen LogP contribution in [-0.4, -0.2) is 33.0 Å². The van der Waals surface area contributed by atoms with Crippen LogP contribution in [0.2, 0.25) is 0 Å². The van der Waals surface area contributed by atoms with Crippen molar-refractivity contribution < 1.29 is 14.2 Å². The standard InChI is InChI=1S/C20H31BrO3/c1-2-20(16-23-17-20)15-22-13-7-5-3-4-6-8-14-24-19-11-9-18(21)10-12-19/h9-12H,2-8,13-17H2,1H3. The van der Waals surface area contributed by atoms with Crippen molar-refractivity contribution in [2.45, 2.75) is 51.9 Å². The molecule has 0 unspecified atom stereocenters. The van der Waals surface area contributed by atoms with E-state index in [0.29, 0.717) is 5.41 Å². The van der Waals surface area contributed by atoms with E-state index in [-0.39, 0.29) is 0 Å². The number of hydrogen-bond donors (Lipinski definition) is 0. The van der Waals surface area contributed by atoms with E-state index >= 15 is 0 Å². The molecular weight excluding hydrogens is 368 g/mol. The van der Waals surface area contributed by atoms with Gasteiger partial charge in [0.1, 0.15) is 5.75 Å². The first-order valence-electron chi connectivity index (χ1n) is 9.28. The van der Waals surface area contributed by atoms with Crippen LogP contribution in [0.15, 0.2) is 28.7 Å². The highest BCUT2D eigenvalue weighted by Crippen LogP contribution is 2.31. The van der Waals surface area contributed by atoms with Gasteiger partial charge in [-0.15, -0.1) is 0 Å². The van der Waals surface area contributed by atoms with Gasteiger partial charge in [0.2, 0.25) is 0 Å². The molecule has 2 rings (SSSR count). The Morgan fingerprint density at radius 3 is 2.17 bits per heavy atom. The zero-order valence-electron chi connectivity index (χ0n) is 14.9. The molecule has 24 heavy (non-hydrogen) atoms. The molecule has 1 aliphatic heterocycles. The first kappa shape index (κ1) is 19.7. The third-order valence-electron chi connectivity index (χ3n) is 4.74.